The summed E-state index contributed by atoms with van der Waals surface area (Å²) in [6.45, 7) is 1.46. The van der Waals surface area contributed by atoms with Crippen LogP contribution in [0.4, 0.5) is 0 Å². The summed E-state index contributed by atoms with van der Waals surface area (Å²) in [7, 11) is 0. The molecule has 5 heteroatoms. The van der Waals surface area contributed by atoms with E-state index in [0.29, 0.717) is 24.8 Å². The van der Waals surface area contributed by atoms with E-state index < -0.39 is 5.41 Å². The highest BCUT2D eigenvalue weighted by Gasteiger charge is 2.54. The maximum Gasteiger partial charge on any atom is 0.233 e. The van der Waals surface area contributed by atoms with E-state index in [9.17, 15) is 9.90 Å². The lowest BCUT2D eigenvalue weighted by Gasteiger charge is -2.37. The number of aliphatic hydroxyl groups excluding tert-OH is 1. The van der Waals surface area contributed by atoms with E-state index in [0.717, 1.165) is 18.4 Å². The molecule has 3 rings (SSSR count). The Kier molecular flexibility index (Phi) is 3.71. The number of halogens is 1. The zero-order chi connectivity index (χ0) is 14.2. The molecule has 0 aromatic heterocycles. The van der Waals surface area contributed by atoms with Crippen LogP contribution in [0.2, 0.25) is 5.02 Å². The van der Waals surface area contributed by atoms with Crippen molar-refractivity contribution in [2.24, 2.45) is 0 Å². The number of carbonyl (C=O) groups excluding carboxylic acids is 1. The highest BCUT2D eigenvalue weighted by molar-refractivity contribution is 6.30. The van der Waals surface area contributed by atoms with Gasteiger partial charge in [-0.2, -0.15) is 0 Å². The molecule has 20 heavy (non-hydrogen) atoms. The van der Waals surface area contributed by atoms with Crippen molar-refractivity contribution in [2.45, 2.75) is 24.3 Å². The minimum Gasteiger partial charge on any atom is -0.394 e. The third-order valence-electron chi connectivity index (χ3n) is 4.26. The van der Waals surface area contributed by atoms with Crippen molar-refractivity contribution in [2.75, 3.05) is 26.4 Å². The van der Waals surface area contributed by atoms with E-state index in [-0.39, 0.29) is 18.6 Å². The SMILES string of the molecule is O=C(N1CCOCC1CO)C1(c2ccc(Cl)cc2)CC1. The van der Waals surface area contributed by atoms with Gasteiger partial charge >= 0.3 is 0 Å². The highest BCUT2D eigenvalue weighted by Crippen LogP contribution is 2.50. The topological polar surface area (TPSA) is 49.8 Å². The van der Waals surface area contributed by atoms with Gasteiger partial charge in [0.2, 0.25) is 5.91 Å². The lowest BCUT2D eigenvalue weighted by molar-refractivity contribution is -0.144. The quantitative estimate of drug-likeness (QED) is 0.921. The molecule has 0 spiro atoms. The van der Waals surface area contributed by atoms with Crippen LogP contribution in [-0.2, 0) is 14.9 Å². The van der Waals surface area contributed by atoms with Crippen LogP contribution < -0.4 is 0 Å². The Hall–Kier alpha value is -1.10. The monoisotopic (exact) mass is 295 g/mol. The smallest absolute Gasteiger partial charge is 0.233 e. The summed E-state index contributed by atoms with van der Waals surface area (Å²) in [5.74, 6) is 0.113. The van der Waals surface area contributed by atoms with E-state index in [2.05, 4.69) is 0 Å². The van der Waals surface area contributed by atoms with Crippen LogP contribution in [0.1, 0.15) is 18.4 Å². The van der Waals surface area contributed by atoms with Crippen molar-refractivity contribution >= 4 is 17.5 Å². The molecular weight excluding hydrogens is 278 g/mol. The second-order valence-corrected chi connectivity index (χ2v) is 5.94. The first-order chi connectivity index (χ1) is 9.67. The van der Waals surface area contributed by atoms with Gasteiger partial charge in [-0.25, -0.2) is 0 Å². The molecule has 108 valence electrons. The average Bonchev–Trinajstić information content (AvgIpc) is 3.29. The normalized spacial score (nSPS) is 24.5. The molecule has 2 fully saturated rings. The van der Waals surface area contributed by atoms with Gasteiger partial charge in [0.1, 0.15) is 0 Å². The molecule has 0 bridgehead atoms. The number of amides is 1. The van der Waals surface area contributed by atoms with Gasteiger partial charge in [0, 0.05) is 11.6 Å². The molecule has 4 nitrogen and oxygen atoms in total. The van der Waals surface area contributed by atoms with Gasteiger partial charge in [0.25, 0.3) is 0 Å². The molecule has 1 amide bonds. The van der Waals surface area contributed by atoms with Crippen LogP contribution in [0.3, 0.4) is 0 Å². The molecule has 1 aliphatic carbocycles. The molecule has 1 heterocycles. The predicted molar refractivity (Wildman–Crippen MR) is 75.8 cm³/mol. The van der Waals surface area contributed by atoms with Crippen LogP contribution in [0.25, 0.3) is 0 Å². The Balaban J connectivity index is 1.83. The third kappa shape index (κ3) is 2.32. The number of benzene rings is 1. The Bertz CT molecular complexity index is 498. The molecule has 0 radical (unpaired) electrons. The highest BCUT2D eigenvalue weighted by atomic mass is 35.5. The Morgan fingerprint density at radius 3 is 2.70 bits per heavy atom. The van der Waals surface area contributed by atoms with Gasteiger partial charge in [-0.1, -0.05) is 23.7 Å². The minimum absolute atomic E-state index is 0.0531. The lowest BCUT2D eigenvalue weighted by atomic mass is 9.93. The summed E-state index contributed by atoms with van der Waals surface area (Å²) in [5.41, 5.74) is 0.616. The molecule has 1 saturated carbocycles. The first-order valence-corrected chi connectivity index (χ1v) is 7.31. The Labute approximate surface area is 123 Å². The summed E-state index contributed by atoms with van der Waals surface area (Å²) in [5, 5.41) is 10.1. The second kappa shape index (κ2) is 5.35. The number of morpholine rings is 1. The van der Waals surface area contributed by atoms with Gasteiger partial charge in [0.05, 0.1) is 31.3 Å². The van der Waals surface area contributed by atoms with Crippen molar-refractivity contribution in [1.82, 2.24) is 4.90 Å². The maximum absolute atomic E-state index is 12.9. The number of hydrogen-bond acceptors (Lipinski definition) is 3. The maximum atomic E-state index is 12.9. The summed E-state index contributed by atoms with van der Waals surface area (Å²) in [6, 6.07) is 7.30. The van der Waals surface area contributed by atoms with E-state index in [1.54, 1.807) is 4.90 Å². The minimum atomic E-state index is -0.407. The van der Waals surface area contributed by atoms with Crippen LogP contribution in [0, 0.1) is 0 Å². The summed E-state index contributed by atoms with van der Waals surface area (Å²) in [4.78, 5) is 14.6. The molecule has 1 aliphatic heterocycles. The number of hydrogen-bond donors (Lipinski definition) is 1. The fraction of sp³-hybridized carbons (Fsp3) is 0.533. The molecule has 1 atom stereocenters. The fourth-order valence-electron chi connectivity index (χ4n) is 2.87. The molecule has 1 saturated heterocycles. The standard InChI is InChI=1S/C15H18ClNO3/c16-12-3-1-11(2-4-12)15(5-6-15)14(19)17-7-8-20-10-13(17)9-18/h1-4,13,18H,5-10H2. The fourth-order valence-corrected chi connectivity index (χ4v) is 2.99. The van der Waals surface area contributed by atoms with Gasteiger partial charge < -0.3 is 14.7 Å². The molecule has 1 unspecified atom stereocenters. The molecular formula is C15H18ClNO3. The summed E-state index contributed by atoms with van der Waals surface area (Å²) >= 11 is 5.91. The van der Waals surface area contributed by atoms with Crippen molar-refractivity contribution < 1.29 is 14.6 Å². The third-order valence-corrected chi connectivity index (χ3v) is 4.51. The van der Waals surface area contributed by atoms with Crippen molar-refractivity contribution in [3.63, 3.8) is 0 Å². The van der Waals surface area contributed by atoms with Gasteiger partial charge in [0.15, 0.2) is 0 Å². The number of ether oxygens (including phenoxy) is 1. The summed E-state index contributed by atoms with van der Waals surface area (Å²) in [6.07, 6.45) is 1.73. The van der Waals surface area contributed by atoms with Gasteiger partial charge in [-0.05, 0) is 30.5 Å². The number of carbonyl (C=O) groups is 1. The van der Waals surface area contributed by atoms with E-state index >= 15 is 0 Å². The largest absolute Gasteiger partial charge is 0.394 e. The average molecular weight is 296 g/mol. The van der Waals surface area contributed by atoms with Crippen LogP contribution in [0.5, 0.6) is 0 Å². The van der Waals surface area contributed by atoms with Gasteiger partial charge in [-0.15, -0.1) is 0 Å². The molecule has 1 aromatic carbocycles. The Morgan fingerprint density at radius 2 is 2.10 bits per heavy atom. The first kappa shape index (κ1) is 13.9. The summed E-state index contributed by atoms with van der Waals surface area (Å²) < 4.78 is 5.34. The molecule has 1 N–H and O–H groups in total. The Morgan fingerprint density at radius 1 is 1.40 bits per heavy atom. The van der Waals surface area contributed by atoms with Crippen molar-refractivity contribution in [3.8, 4) is 0 Å². The zero-order valence-electron chi connectivity index (χ0n) is 11.2. The molecule has 1 aromatic rings. The first-order valence-electron chi connectivity index (χ1n) is 6.93. The van der Waals surface area contributed by atoms with E-state index in [1.807, 2.05) is 24.3 Å². The second-order valence-electron chi connectivity index (χ2n) is 5.50. The van der Waals surface area contributed by atoms with Crippen LogP contribution >= 0.6 is 11.6 Å². The van der Waals surface area contributed by atoms with Crippen LogP contribution in [-0.4, -0.2) is 48.3 Å². The number of aliphatic hydroxyl groups is 1. The van der Waals surface area contributed by atoms with Crippen LogP contribution in [0.15, 0.2) is 24.3 Å². The lowest BCUT2D eigenvalue weighted by Crippen LogP contribution is -2.53. The number of rotatable bonds is 3. The molecule has 2 aliphatic rings. The van der Waals surface area contributed by atoms with E-state index in [1.165, 1.54) is 0 Å². The zero-order valence-corrected chi connectivity index (χ0v) is 12.0. The van der Waals surface area contributed by atoms with Crippen molar-refractivity contribution in [1.29, 1.82) is 0 Å². The number of nitrogens with zero attached hydrogens (tertiary/aromatic N) is 1. The van der Waals surface area contributed by atoms with E-state index in [4.69, 9.17) is 16.3 Å². The predicted octanol–water partition coefficient (Wildman–Crippen LogP) is 1.59. The van der Waals surface area contributed by atoms with Gasteiger partial charge in [-0.3, -0.25) is 4.79 Å². The van der Waals surface area contributed by atoms with Crippen molar-refractivity contribution in [3.05, 3.63) is 34.9 Å².